The summed E-state index contributed by atoms with van der Waals surface area (Å²) in [5.41, 5.74) is 13.8. The zero-order chi connectivity index (χ0) is 53.5. The molecule has 0 saturated heterocycles. The number of hydrogen-bond donors (Lipinski definition) is 1. The van der Waals surface area contributed by atoms with Gasteiger partial charge < -0.3 is 5.11 Å². The summed E-state index contributed by atoms with van der Waals surface area (Å²) in [4.78, 5) is 10.4. The van der Waals surface area contributed by atoms with Crippen LogP contribution >= 0.6 is 0 Å². The van der Waals surface area contributed by atoms with Gasteiger partial charge in [-0.05, 0) is 121 Å². The van der Waals surface area contributed by atoms with Gasteiger partial charge in [0.2, 0.25) is 0 Å². The van der Waals surface area contributed by atoms with Crippen molar-refractivity contribution in [2.75, 3.05) is 0 Å². The van der Waals surface area contributed by atoms with Crippen molar-refractivity contribution in [2.24, 2.45) is 0 Å². The predicted molar refractivity (Wildman–Crippen MR) is 290 cm³/mol. The molecule has 0 radical (unpaired) electrons. The van der Waals surface area contributed by atoms with Crippen LogP contribution in [0.15, 0.2) is 121 Å². The van der Waals surface area contributed by atoms with Gasteiger partial charge in [0.15, 0.2) is 0 Å². The number of para-hydroxylation sites is 1. The van der Waals surface area contributed by atoms with E-state index in [4.69, 9.17) is 16.8 Å². The third-order valence-corrected chi connectivity index (χ3v) is 13.3. The monoisotopic (exact) mass is 1100 g/mol. The minimum Gasteiger partial charge on any atom is -0.507 e. The summed E-state index contributed by atoms with van der Waals surface area (Å²) >= 11 is 0. The Labute approximate surface area is 435 Å². The fourth-order valence-electron chi connectivity index (χ4n) is 8.94. The summed E-state index contributed by atoms with van der Waals surface area (Å²) in [5.74, 6) is -0.884. The van der Waals surface area contributed by atoms with E-state index in [9.17, 15) is 5.11 Å². The number of rotatable bonds is 9. The zero-order valence-corrected chi connectivity index (χ0v) is 45.5. The second-order valence-corrected chi connectivity index (χ2v) is 22.5. The number of nitrogens with zero attached hydrogens (tertiary/aromatic N) is 3. The molecule has 360 valence electrons. The molecule has 2 heterocycles. The van der Waals surface area contributed by atoms with Crippen molar-refractivity contribution in [1.29, 1.82) is 0 Å². The number of aryl methyl sites for hydroxylation is 1. The number of aromatic hydroxyl groups is 1. The number of pyridine rings is 1. The van der Waals surface area contributed by atoms with Crippen molar-refractivity contribution < 1.29 is 33.0 Å². The fourth-order valence-corrected chi connectivity index (χ4v) is 8.94. The first-order chi connectivity index (χ1) is 33.7. The Morgan fingerprint density at radius 1 is 0.594 bits per heavy atom. The predicted octanol–water partition coefficient (Wildman–Crippen LogP) is 17.8. The molecule has 69 heavy (non-hydrogen) atoms. The molecule has 0 aliphatic carbocycles. The van der Waals surface area contributed by atoms with E-state index in [1.807, 2.05) is 99.1 Å². The zero-order valence-electron chi connectivity index (χ0n) is 48.2. The van der Waals surface area contributed by atoms with E-state index in [2.05, 4.69) is 131 Å². The van der Waals surface area contributed by atoms with Crippen LogP contribution in [0.25, 0.3) is 72.7 Å². The second kappa shape index (κ2) is 19.3. The van der Waals surface area contributed by atoms with Gasteiger partial charge in [0.25, 0.3) is 0 Å². The molecule has 0 atom stereocenters. The van der Waals surface area contributed by atoms with E-state index in [1.54, 1.807) is 6.07 Å². The first-order valence-corrected chi connectivity index (χ1v) is 24.1. The molecular weight excluding hydrogens is 1020 g/mol. The Morgan fingerprint density at radius 2 is 1.22 bits per heavy atom. The summed E-state index contributed by atoms with van der Waals surface area (Å²) in [5, 5.41) is 12.6. The summed E-state index contributed by atoms with van der Waals surface area (Å²) in [6, 6.07) is 42.2. The Morgan fingerprint density at radius 3 is 1.84 bits per heavy atom. The van der Waals surface area contributed by atoms with Gasteiger partial charge in [0.1, 0.15) is 11.6 Å². The van der Waals surface area contributed by atoms with Crippen molar-refractivity contribution in [2.45, 2.75) is 145 Å². The van der Waals surface area contributed by atoms with Crippen LogP contribution in [0.4, 0.5) is 0 Å². The van der Waals surface area contributed by atoms with Gasteiger partial charge in [-0.1, -0.05) is 188 Å². The van der Waals surface area contributed by atoms with Crippen LogP contribution in [0.1, 0.15) is 167 Å². The maximum absolute atomic E-state index is 12.6. The minimum absolute atomic E-state index is 0. The number of phenols is 1. The van der Waals surface area contributed by atoms with Gasteiger partial charge in [0, 0.05) is 45.4 Å². The molecule has 0 aliphatic rings. The van der Waals surface area contributed by atoms with Gasteiger partial charge in [-0.2, -0.15) is 0 Å². The molecule has 8 rings (SSSR count). The van der Waals surface area contributed by atoms with Crippen molar-refractivity contribution in [3.05, 3.63) is 166 Å². The van der Waals surface area contributed by atoms with E-state index in [0.29, 0.717) is 28.1 Å². The summed E-state index contributed by atoms with van der Waals surface area (Å²) in [6.45, 7) is 28.5. The largest absolute Gasteiger partial charge is 0.507 e. The smallest absolute Gasteiger partial charge is 0.148 e. The SMILES string of the molecule is [2H]C([2H])([2H])c1cc(-c2cc(C(C)C)cc(C([2H])(C)C)c2)ccc1-n1c(-c2cc(C(C)(C)C)cc(C(C)(C)C)c2O)nc2c(-c3[c-]c(-c4cc(-c5ccc(C([2H])(C)C)cc5)ccn4)cc(C(C)(C)C)c3)cccc21.[Pt]. The Balaban J connectivity index is 0.00000800. The normalized spacial score (nSPS) is 13.9. The molecule has 0 spiro atoms. The van der Waals surface area contributed by atoms with Crippen LogP contribution in [0.2, 0.25) is 0 Å². The molecule has 5 heteroatoms. The maximum Gasteiger partial charge on any atom is 0.148 e. The average molecular weight is 1100 g/mol. The van der Waals surface area contributed by atoms with Crippen molar-refractivity contribution in [3.63, 3.8) is 0 Å². The molecule has 0 bridgehead atoms. The first-order valence-electron chi connectivity index (χ1n) is 26.6. The summed E-state index contributed by atoms with van der Waals surface area (Å²) in [6.07, 6.45) is 1.83. The molecule has 1 N–H and O–H groups in total. The molecule has 4 nitrogen and oxygen atoms in total. The first kappa shape index (κ1) is 44.6. The molecule has 0 fully saturated rings. The van der Waals surface area contributed by atoms with E-state index in [1.165, 1.54) is 0 Å². The number of aromatic nitrogens is 3. The van der Waals surface area contributed by atoms with Crippen molar-refractivity contribution in [1.82, 2.24) is 14.5 Å². The molecule has 6 aromatic carbocycles. The van der Waals surface area contributed by atoms with Crippen LogP contribution < -0.4 is 0 Å². The van der Waals surface area contributed by atoms with Crippen LogP contribution in [0.5, 0.6) is 5.75 Å². The van der Waals surface area contributed by atoms with Gasteiger partial charge in [-0.15, -0.1) is 29.3 Å². The van der Waals surface area contributed by atoms with Crippen LogP contribution in [0, 0.1) is 12.9 Å². The van der Waals surface area contributed by atoms with E-state index in [0.717, 1.165) is 78.0 Å². The molecule has 0 amide bonds. The number of imidazole rings is 1. The molecule has 8 aromatic rings. The van der Waals surface area contributed by atoms with Gasteiger partial charge in [-0.25, -0.2) is 4.98 Å². The van der Waals surface area contributed by atoms with E-state index >= 15 is 0 Å². The maximum atomic E-state index is 12.6. The standard InChI is InChI=1S/C64H72N3O.Pt/c1-38(2)42-20-22-43(23-21-42)45-26-27-65-56(35-45)50-32-49(33-51(34-50)62(8,9)10)53-18-17-19-58-59(53)66-61(54-36-52(63(11,12)13)37-55(60(54)68)64(14,15)16)67(58)57-25-24-44(28-41(57)7)48-30-46(39(3)4)29-47(31-48)40(5)6;/h17-31,33-40,68H,1-16H3;/q-1;/i7D3,38D,39D;. The quantitative estimate of drug-likeness (QED) is 0.147. The van der Waals surface area contributed by atoms with Crippen molar-refractivity contribution in [3.8, 4) is 67.5 Å². The van der Waals surface area contributed by atoms with Crippen LogP contribution in [-0.4, -0.2) is 19.6 Å². The number of fused-ring (bicyclic) bond motifs is 1. The number of phenolic OH excluding ortho intramolecular Hbond substituents is 1. The fraction of sp³-hybridized carbons (Fsp3) is 0.344. The van der Waals surface area contributed by atoms with Gasteiger partial charge >= 0.3 is 0 Å². The molecule has 0 unspecified atom stereocenters. The Kier molecular flexibility index (Phi) is 12.5. The third kappa shape index (κ3) is 10.5. The minimum atomic E-state index is -2.57. The topological polar surface area (TPSA) is 50.9 Å². The van der Waals surface area contributed by atoms with Gasteiger partial charge in [0.05, 0.1) is 22.3 Å². The Hall–Kier alpha value is -5.57. The molecule has 0 aliphatic heterocycles. The second-order valence-electron chi connectivity index (χ2n) is 22.5. The van der Waals surface area contributed by atoms with Gasteiger partial charge in [-0.3, -0.25) is 9.55 Å². The third-order valence-electron chi connectivity index (χ3n) is 13.3. The van der Waals surface area contributed by atoms with E-state index < -0.39 is 24.1 Å². The van der Waals surface area contributed by atoms with Crippen LogP contribution in [-0.2, 0) is 37.3 Å². The molecule has 0 saturated carbocycles. The summed E-state index contributed by atoms with van der Waals surface area (Å²) in [7, 11) is 0. The van der Waals surface area contributed by atoms with E-state index in [-0.39, 0.29) is 49.1 Å². The Bertz CT molecular complexity index is 3390. The number of benzene rings is 6. The van der Waals surface area contributed by atoms with Crippen molar-refractivity contribution >= 4 is 11.0 Å². The summed E-state index contributed by atoms with van der Waals surface area (Å²) < 4.78 is 46.9. The molecule has 2 aromatic heterocycles. The molecular formula is C64H72N3OPt-. The number of hydrogen-bond acceptors (Lipinski definition) is 3. The average Bonchev–Trinajstić information content (AvgIpc) is 3.69. The van der Waals surface area contributed by atoms with Crippen LogP contribution in [0.3, 0.4) is 0 Å².